The molecule has 1 saturated heterocycles. The molecule has 2 atom stereocenters. The molecule has 3 amide bonds. The van der Waals surface area contributed by atoms with E-state index in [2.05, 4.69) is 5.32 Å². The standard InChI is InChI=1S/C26H36N2O4/c29-23-14-8-13-21(23)12-6-1-2-7-16-27-24(30)15-9-17-28-25(31)19-22(26(28)32)18-20-10-4-3-5-11-20/h3-5,10-11,18,21,23,29H,1-2,6-9,12-17,19H2,(H,27,30)/b22-18+/t21-,23-/m0/s1. The molecule has 1 aliphatic carbocycles. The molecule has 2 fully saturated rings. The van der Waals surface area contributed by atoms with Crippen LogP contribution in [0.3, 0.4) is 0 Å². The largest absolute Gasteiger partial charge is 0.393 e. The SMILES string of the molecule is O=C(CCCN1C(=O)C/C(=C\c2ccccc2)C1=O)NCCCCCC[C@H]1CCC[C@@H]1O. The third-order valence-corrected chi connectivity index (χ3v) is 6.53. The van der Waals surface area contributed by atoms with Gasteiger partial charge in [0, 0.05) is 25.1 Å². The van der Waals surface area contributed by atoms with Crippen LogP contribution in [0.5, 0.6) is 0 Å². The number of likely N-dealkylation sites (tertiary alicyclic amines) is 1. The second kappa shape index (κ2) is 12.5. The van der Waals surface area contributed by atoms with Crippen molar-refractivity contribution < 1.29 is 19.5 Å². The van der Waals surface area contributed by atoms with Crippen molar-refractivity contribution in [1.29, 1.82) is 0 Å². The number of aliphatic hydroxyl groups excluding tert-OH is 1. The van der Waals surface area contributed by atoms with Gasteiger partial charge in [-0.15, -0.1) is 0 Å². The molecule has 0 spiro atoms. The van der Waals surface area contributed by atoms with Gasteiger partial charge in [0.15, 0.2) is 0 Å². The fourth-order valence-corrected chi connectivity index (χ4v) is 4.66. The Labute approximate surface area is 191 Å². The molecule has 0 bridgehead atoms. The molecule has 1 heterocycles. The Morgan fingerprint density at radius 3 is 2.59 bits per heavy atom. The number of hydrogen-bond donors (Lipinski definition) is 2. The molecule has 6 heteroatoms. The molecule has 1 aliphatic heterocycles. The molecule has 2 N–H and O–H groups in total. The maximum absolute atomic E-state index is 12.5. The summed E-state index contributed by atoms with van der Waals surface area (Å²) in [6.45, 7) is 0.945. The minimum Gasteiger partial charge on any atom is -0.393 e. The smallest absolute Gasteiger partial charge is 0.256 e. The highest BCUT2D eigenvalue weighted by molar-refractivity contribution is 6.15. The van der Waals surface area contributed by atoms with Gasteiger partial charge < -0.3 is 10.4 Å². The Bertz CT molecular complexity index is 805. The van der Waals surface area contributed by atoms with Crippen molar-refractivity contribution in [2.75, 3.05) is 13.1 Å². The van der Waals surface area contributed by atoms with Gasteiger partial charge in [-0.1, -0.05) is 56.0 Å². The highest BCUT2D eigenvalue weighted by Gasteiger charge is 2.33. The van der Waals surface area contributed by atoms with Crippen molar-refractivity contribution in [3.05, 3.63) is 41.5 Å². The quantitative estimate of drug-likeness (QED) is 0.294. The van der Waals surface area contributed by atoms with Crippen LogP contribution >= 0.6 is 0 Å². The van der Waals surface area contributed by atoms with Crippen LogP contribution in [-0.2, 0) is 14.4 Å². The van der Waals surface area contributed by atoms with E-state index in [0.29, 0.717) is 30.9 Å². The Morgan fingerprint density at radius 2 is 1.84 bits per heavy atom. The first-order valence-electron chi connectivity index (χ1n) is 12.1. The minimum atomic E-state index is -0.246. The molecular formula is C26H36N2O4. The number of imide groups is 1. The normalized spacial score (nSPS) is 22.2. The van der Waals surface area contributed by atoms with Gasteiger partial charge in [0.05, 0.1) is 12.5 Å². The molecular weight excluding hydrogens is 404 g/mol. The summed E-state index contributed by atoms with van der Waals surface area (Å²) in [7, 11) is 0. The van der Waals surface area contributed by atoms with Crippen LogP contribution in [0.4, 0.5) is 0 Å². The van der Waals surface area contributed by atoms with E-state index in [4.69, 9.17) is 0 Å². The molecule has 0 radical (unpaired) electrons. The van der Waals surface area contributed by atoms with E-state index in [1.54, 1.807) is 6.08 Å². The predicted molar refractivity (Wildman–Crippen MR) is 124 cm³/mol. The Balaban J connectivity index is 1.25. The Hall–Kier alpha value is -2.47. The number of nitrogens with zero attached hydrogens (tertiary/aromatic N) is 1. The summed E-state index contributed by atoms with van der Waals surface area (Å²) >= 11 is 0. The van der Waals surface area contributed by atoms with Crippen molar-refractivity contribution in [1.82, 2.24) is 10.2 Å². The fourth-order valence-electron chi connectivity index (χ4n) is 4.66. The number of aliphatic hydroxyl groups is 1. The van der Waals surface area contributed by atoms with Crippen LogP contribution in [0.15, 0.2) is 35.9 Å². The summed E-state index contributed by atoms with van der Waals surface area (Å²) in [5, 5.41) is 12.8. The number of rotatable bonds is 12. The zero-order chi connectivity index (χ0) is 22.8. The predicted octanol–water partition coefficient (Wildman–Crippen LogP) is 3.84. The zero-order valence-electron chi connectivity index (χ0n) is 18.9. The van der Waals surface area contributed by atoms with Gasteiger partial charge in [-0.2, -0.15) is 0 Å². The first-order chi connectivity index (χ1) is 15.5. The summed E-state index contributed by atoms with van der Waals surface area (Å²) in [6, 6.07) is 9.50. The van der Waals surface area contributed by atoms with Gasteiger partial charge in [0.1, 0.15) is 0 Å². The van der Waals surface area contributed by atoms with Gasteiger partial charge in [-0.25, -0.2) is 0 Å². The minimum absolute atomic E-state index is 0.0294. The van der Waals surface area contributed by atoms with Gasteiger partial charge in [0.25, 0.3) is 5.91 Å². The topological polar surface area (TPSA) is 86.7 Å². The van der Waals surface area contributed by atoms with Crippen LogP contribution in [0.2, 0.25) is 0 Å². The maximum Gasteiger partial charge on any atom is 0.256 e. The molecule has 32 heavy (non-hydrogen) atoms. The maximum atomic E-state index is 12.5. The number of hydrogen-bond acceptors (Lipinski definition) is 4. The molecule has 0 aromatic heterocycles. The van der Waals surface area contributed by atoms with E-state index in [-0.39, 0.29) is 36.8 Å². The molecule has 174 valence electrons. The van der Waals surface area contributed by atoms with Crippen LogP contribution in [0.25, 0.3) is 6.08 Å². The highest BCUT2D eigenvalue weighted by Crippen LogP contribution is 2.29. The summed E-state index contributed by atoms with van der Waals surface area (Å²) < 4.78 is 0. The number of amides is 3. The lowest BCUT2D eigenvalue weighted by molar-refractivity contribution is -0.138. The third-order valence-electron chi connectivity index (χ3n) is 6.53. The Kier molecular flexibility index (Phi) is 9.47. The lowest BCUT2D eigenvalue weighted by Crippen LogP contribution is -2.31. The molecule has 3 rings (SSSR count). The van der Waals surface area contributed by atoms with Crippen molar-refractivity contribution in [2.45, 2.75) is 76.7 Å². The zero-order valence-corrected chi connectivity index (χ0v) is 18.9. The van der Waals surface area contributed by atoms with Gasteiger partial charge in [-0.3, -0.25) is 19.3 Å². The fraction of sp³-hybridized carbons (Fsp3) is 0.577. The van der Waals surface area contributed by atoms with Crippen molar-refractivity contribution >= 4 is 23.8 Å². The first kappa shape index (κ1) is 24.2. The van der Waals surface area contributed by atoms with E-state index in [0.717, 1.165) is 56.9 Å². The second-order valence-electron chi connectivity index (χ2n) is 9.02. The third kappa shape index (κ3) is 7.30. The number of carbonyl (C=O) groups is 3. The molecule has 6 nitrogen and oxygen atoms in total. The molecule has 0 unspecified atom stereocenters. The number of nitrogens with one attached hydrogen (secondary N) is 1. The monoisotopic (exact) mass is 440 g/mol. The Morgan fingerprint density at radius 1 is 1.06 bits per heavy atom. The van der Waals surface area contributed by atoms with E-state index >= 15 is 0 Å². The lowest BCUT2D eigenvalue weighted by atomic mass is 9.97. The first-order valence-corrected chi connectivity index (χ1v) is 12.1. The van der Waals surface area contributed by atoms with Crippen LogP contribution in [0.1, 0.15) is 76.2 Å². The van der Waals surface area contributed by atoms with Gasteiger partial charge >= 0.3 is 0 Å². The van der Waals surface area contributed by atoms with Crippen molar-refractivity contribution in [3.8, 4) is 0 Å². The van der Waals surface area contributed by atoms with Gasteiger partial charge in [0.2, 0.25) is 11.8 Å². The summed E-state index contributed by atoms with van der Waals surface area (Å²) in [5.74, 6) is 0.0271. The van der Waals surface area contributed by atoms with E-state index in [1.165, 1.54) is 4.90 Å². The van der Waals surface area contributed by atoms with Crippen LogP contribution in [0, 0.1) is 5.92 Å². The van der Waals surface area contributed by atoms with E-state index in [1.807, 2.05) is 30.3 Å². The molecule has 1 saturated carbocycles. The highest BCUT2D eigenvalue weighted by atomic mass is 16.3. The van der Waals surface area contributed by atoms with Gasteiger partial charge in [-0.05, 0) is 49.7 Å². The van der Waals surface area contributed by atoms with E-state index in [9.17, 15) is 19.5 Å². The number of benzene rings is 1. The number of carbonyl (C=O) groups excluding carboxylic acids is 3. The van der Waals surface area contributed by atoms with Crippen molar-refractivity contribution in [2.24, 2.45) is 5.92 Å². The second-order valence-corrected chi connectivity index (χ2v) is 9.02. The summed E-state index contributed by atoms with van der Waals surface area (Å²) in [6.07, 6.45) is 11.3. The lowest BCUT2D eigenvalue weighted by Gasteiger charge is -2.14. The van der Waals surface area contributed by atoms with Crippen molar-refractivity contribution in [3.63, 3.8) is 0 Å². The molecule has 1 aromatic carbocycles. The molecule has 2 aliphatic rings. The van der Waals surface area contributed by atoms with Crippen LogP contribution in [-0.4, -0.2) is 46.9 Å². The summed E-state index contributed by atoms with van der Waals surface area (Å²) in [5.41, 5.74) is 1.41. The average molecular weight is 441 g/mol. The summed E-state index contributed by atoms with van der Waals surface area (Å²) in [4.78, 5) is 38.0. The average Bonchev–Trinajstić information content (AvgIpc) is 3.31. The number of unbranched alkanes of at least 4 members (excludes halogenated alkanes) is 3. The van der Waals surface area contributed by atoms with Crippen LogP contribution < -0.4 is 5.32 Å². The molecule has 1 aromatic rings. The van der Waals surface area contributed by atoms with E-state index < -0.39 is 0 Å².